The van der Waals surface area contributed by atoms with Crippen LogP contribution in [-0.4, -0.2) is 55.1 Å². The van der Waals surface area contributed by atoms with Gasteiger partial charge in [0, 0.05) is 19.2 Å². The third-order valence-corrected chi connectivity index (χ3v) is 7.06. The maximum atomic E-state index is 13.7. The fraction of sp³-hybridized carbons (Fsp3) is 0.704. The molecule has 1 aromatic carbocycles. The van der Waals surface area contributed by atoms with Crippen molar-refractivity contribution in [2.24, 2.45) is 11.3 Å². The minimum Gasteiger partial charge on any atom is -0.379 e. The Morgan fingerprint density at radius 1 is 1.12 bits per heavy atom. The van der Waals surface area contributed by atoms with Crippen molar-refractivity contribution >= 4 is 11.8 Å². The van der Waals surface area contributed by atoms with E-state index >= 15 is 0 Å². The van der Waals surface area contributed by atoms with Crippen molar-refractivity contribution in [3.63, 3.8) is 0 Å². The van der Waals surface area contributed by atoms with E-state index in [0.29, 0.717) is 25.6 Å². The summed E-state index contributed by atoms with van der Waals surface area (Å²) in [5.74, 6) is 0.279. The predicted octanol–water partition coefficient (Wildman–Crippen LogP) is 3.81. The van der Waals surface area contributed by atoms with Crippen molar-refractivity contribution in [3.8, 4) is 0 Å². The minimum absolute atomic E-state index is 0.0614. The highest BCUT2D eigenvalue weighted by Gasteiger charge is 2.42. The van der Waals surface area contributed by atoms with Crippen LogP contribution in [0.1, 0.15) is 70.4 Å². The van der Waals surface area contributed by atoms with E-state index in [2.05, 4.69) is 60.6 Å². The highest BCUT2D eigenvalue weighted by atomic mass is 16.5. The van der Waals surface area contributed by atoms with Crippen LogP contribution in [0.2, 0.25) is 0 Å². The first kappa shape index (κ1) is 25.7. The van der Waals surface area contributed by atoms with Crippen molar-refractivity contribution in [1.29, 1.82) is 0 Å². The quantitative estimate of drug-likeness (QED) is 0.721. The Labute approximate surface area is 199 Å². The molecule has 6 nitrogen and oxygen atoms in total. The molecule has 2 aliphatic rings. The number of nitrogens with one attached hydrogen (secondary N) is 2. The predicted molar refractivity (Wildman–Crippen MR) is 132 cm³/mol. The van der Waals surface area contributed by atoms with E-state index in [1.54, 1.807) is 0 Å². The van der Waals surface area contributed by atoms with Gasteiger partial charge < -0.3 is 15.4 Å². The highest BCUT2D eigenvalue weighted by Crippen LogP contribution is 2.38. The topological polar surface area (TPSA) is 70.7 Å². The lowest BCUT2D eigenvalue weighted by molar-refractivity contribution is -0.138. The second-order valence-corrected chi connectivity index (χ2v) is 10.6. The molecule has 33 heavy (non-hydrogen) atoms. The summed E-state index contributed by atoms with van der Waals surface area (Å²) >= 11 is 0. The van der Waals surface area contributed by atoms with E-state index < -0.39 is 11.5 Å². The molecule has 184 valence electrons. The third kappa shape index (κ3) is 7.54. The largest absolute Gasteiger partial charge is 0.379 e. The number of carbonyl (C=O) groups excluding carboxylic acids is 2. The van der Waals surface area contributed by atoms with Gasteiger partial charge in [0.2, 0.25) is 11.8 Å². The first-order valence-electron chi connectivity index (χ1n) is 12.7. The summed E-state index contributed by atoms with van der Waals surface area (Å²) in [6, 6.07) is 8.10. The summed E-state index contributed by atoms with van der Waals surface area (Å²) in [5, 5.41) is 6.22. The van der Waals surface area contributed by atoms with Gasteiger partial charge in [0.25, 0.3) is 0 Å². The van der Waals surface area contributed by atoms with Crippen molar-refractivity contribution in [3.05, 3.63) is 35.4 Å². The van der Waals surface area contributed by atoms with Gasteiger partial charge in [-0.2, -0.15) is 0 Å². The average molecular weight is 458 g/mol. The standard InChI is InChI=1S/C27H43N3O3/c1-20(2)16-24-25(31)28-22(4)19-33-15-6-5-10-27(26(32)29-24)11-13-30(14-12-27)18-23-9-7-8-21(3)17-23/h7-9,17,20,22,24H,5-6,10-16,18-19H2,1-4H3,(H,28,31)(H,29,32)/t22-,24+/m1/s1. The van der Waals surface area contributed by atoms with Crippen molar-refractivity contribution in [1.82, 2.24) is 15.5 Å². The molecule has 2 fully saturated rings. The molecule has 1 aromatic rings. The summed E-state index contributed by atoms with van der Waals surface area (Å²) in [6.07, 6.45) is 5.07. The Balaban J connectivity index is 1.71. The lowest BCUT2D eigenvalue weighted by atomic mass is 9.73. The Hall–Kier alpha value is -1.92. The Bertz CT molecular complexity index is 787. The molecule has 0 aromatic heterocycles. The number of hydrogen-bond donors (Lipinski definition) is 2. The number of rotatable bonds is 4. The van der Waals surface area contributed by atoms with Gasteiger partial charge in [-0.25, -0.2) is 0 Å². The van der Waals surface area contributed by atoms with Gasteiger partial charge in [-0.3, -0.25) is 14.5 Å². The molecule has 2 aliphatic heterocycles. The van der Waals surface area contributed by atoms with Gasteiger partial charge in [0.15, 0.2) is 0 Å². The average Bonchev–Trinajstić information content (AvgIpc) is 2.76. The number of hydrogen-bond acceptors (Lipinski definition) is 4. The number of aryl methyl sites for hydroxylation is 1. The smallest absolute Gasteiger partial charge is 0.242 e. The van der Waals surface area contributed by atoms with E-state index in [4.69, 9.17) is 4.74 Å². The van der Waals surface area contributed by atoms with Gasteiger partial charge in [0.1, 0.15) is 6.04 Å². The SMILES string of the molecule is Cc1cccc(CN2CCC3(CCCCOC[C@@H](C)NC(=O)[C@H](CC(C)C)NC3=O)CC2)c1. The molecule has 2 atom stereocenters. The third-order valence-electron chi connectivity index (χ3n) is 7.06. The zero-order valence-corrected chi connectivity index (χ0v) is 21.0. The summed E-state index contributed by atoms with van der Waals surface area (Å²) in [5.41, 5.74) is 2.20. The molecule has 2 amide bonds. The van der Waals surface area contributed by atoms with Crippen molar-refractivity contribution in [2.45, 2.75) is 84.8 Å². The zero-order chi connectivity index (χ0) is 23.8. The van der Waals surface area contributed by atoms with Crippen LogP contribution in [-0.2, 0) is 20.9 Å². The molecule has 2 heterocycles. The fourth-order valence-electron chi connectivity index (χ4n) is 5.13. The van der Waals surface area contributed by atoms with Crippen LogP contribution >= 0.6 is 0 Å². The number of ether oxygens (including phenoxy) is 1. The number of likely N-dealkylation sites (tertiary alicyclic amines) is 1. The molecule has 3 rings (SSSR count). The molecule has 0 saturated carbocycles. The van der Waals surface area contributed by atoms with Gasteiger partial charge in [0.05, 0.1) is 12.0 Å². The lowest BCUT2D eigenvalue weighted by Crippen LogP contribution is -2.55. The Morgan fingerprint density at radius 2 is 1.88 bits per heavy atom. The lowest BCUT2D eigenvalue weighted by Gasteiger charge is -2.41. The summed E-state index contributed by atoms with van der Waals surface area (Å²) in [4.78, 5) is 29.1. The highest BCUT2D eigenvalue weighted by molar-refractivity contribution is 5.90. The van der Waals surface area contributed by atoms with Crippen LogP contribution in [0.4, 0.5) is 0 Å². The maximum absolute atomic E-state index is 13.7. The number of benzene rings is 1. The zero-order valence-electron chi connectivity index (χ0n) is 21.0. The van der Waals surface area contributed by atoms with Crippen molar-refractivity contribution in [2.75, 3.05) is 26.3 Å². The first-order chi connectivity index (χ1) is 15.8. The molecule has 0 bridgehead atoms. The Kier molecular flexibility index (Phi) is 9.33. The fourth-order valence-corrected chi connectivity index (χ4v) is 5.13. The van der Waals surface area contributed by atoms with E-state index in [0.717, 1.165) is 51.7 Å². The molecule has 2 N–H and O–H groups in total. The Morgan fingerprint density at radius 3 is 2.58 bits per heavy atom. The van der Waals surface area contributed by atoms with E-state index in [9.17, 15) is 9.59 Å². The van der Waals surface area contributed by atoms with Crippen LogP contribution < -0.4 is 10.6 Å². The minimum atomic E-state index is -0.497. The molecular weight excluding hydrogens is 414 g/mol. The molecule has 0 radical (unpaired) electrons. The second kappa shape index (κ2) is 12.0. The van der Waals surface area contributed by atoms with Gasteiger partial charge in [-0.15, -0.1) is 0 Å². The summed E-state index contributed by atoms with van der Waals surface area (Å²) in [7, 11) is 0. The number of nitrogens with zero attached hydrogens (tertiary/aromatic N) is 1. The van der Waals surface area contributed by atoms with Crippen LogP contribution in [0.25, 0.3) is 0 Å². The second-order valence-electron chi connectivity index (χ2n) is 10.6. The van der Waals surface area contributed by atoms with Crippen LogP contribution in [0, 0.1) is 18.3 Å². The van der Waals surface area contributed by atoms with Crippen molar-refractivity contribution < 1.29 is 14.3 Å². The van der Waals surface area contributed by atoms with E-state index in [1.165, 1.54) is 11.1 Å². The molecule has 2 saturated heterocycles. The summed E-state index contributed by atoms with van der Waals surface area (Å²) < 4.78 is 5.79. The normalized spacial score (nSPS) is 25.6. The van der Waals surface area contributed by atoms with Gasteiger partial charge in [-0.1, -0.05) is 50.1 Å². The van der Waals surface area contributed by atoms with Gasteiger partial charge >= 0.3 is 0 Å². The van der Waals surface area contributed by atoms with Gasteiger partial charge in [-0.05, 0) is 70.5 Å². The number of piperidine rings is 1. The van der Waals surface area contributed by atoms with Crippen LogP contribution in [0.15, 0.2) is 24.3 Å². The van der Waals surface area contributed by atoms with Crippen LogP contribution in [0.3, 0.4) is 0 Å². The molecular formula is C27H43N3O3. The van der Waals surface area contributed by atoms with E-state index in [-0.39, 0.29) is 17.9 Å². The first-order valence-corrected chi connectivity index (χ1v) is 12.7. The molecule has 1 spiro atoms. The van der Waals surface area contributed by atoms with Crippen LogP contribution in [0.5, 0.6) is 0 Å². The monoisotopic (exact) mass is 457 g/mol. The van der Waals surface area contributed by atoms with E-state index in [1.807, 2.05) is 6.92 Å². The molecule has 6 heteroatoms. The maximum Gasteiger partial charge on any atom is 0.242 e. The number of amides is 2. The molecule has 0 unspecified atom stereocenters. The summed E-state index contributed by atoms with van der Waals surface area (Å²) in [6.45, 7) is 12.2. The molecule has 0 aliphatic carbocycles. The number of carbonyl (C=O) groups is 2.